The number of para-hydroxylation sites is 1. The zero-order valence-corrected chi connectivity index (χ0v) is 12.9. The number of benzene rings is 2. The van der Waals surface area contributed by atoms with E-state index >= 15 is 0 Å². The lowest BCUT2D eigenvalue weighted by Crippen LogP contribution is -2.23. The molecule has 0 fully saturated rings. The SMILES string of the molecule is Cc1ccc(C(=O)NCc2ccccc2[N+](=O)[O-])cc1Br. The van der Waals surface area contributed by atoms with Crippen LogP contribution in [0.1, 0.15) is 21.5 Å². The predicted molar refractivity (Wildman–Crippen MR) is 83.1 cm³/mol. The molecule has 21 heavy (non-hydrogen) atoms. The molecule has 0 aromatic heterocycles. The fourth-order valence-corrected chi connectivity index (χ4v) is 2.23. The minimum Gasteiger partial charge on any atom is -0.348 e. The van der Waals surface area contributed by atoms with Crippen LogP contribution < -0.4 is 5.32 Å². The van der Waals surface area contributed by atoms with Crippen molar-refractivity contribution in [2.24, 2.45) is 0 Å². The van der Waals surface area contributed by atoms with Crippen LogP contribution >= 0.6 is 15.9 Å². The van der Waals surface area contributed by atoms with Crippen molar-refractivity contribution in [3.8, 4) is 0 Å². The molecule has 0 saturated carbocycles. The highest BCUT2D eigenvalue weighted by atomic mass is 79.9. The number of nitrogens with one attached hydrogen (secondary N) is 1. The molecule has 0 saturated heterocycles. The Kier molecular flexibility index (Phi) is 4.70. The Morgan fingerprint density at radius 3 is 2.67 bits per heavy atom. The van der Waals surface area contributed by atoms with Crippen LogP contribution in [0.5, 0.6) is 0 Å². The minimum absolute atomic E-state index is 0.00267. The standard InChI is InChI=1S/C15H13BrN2O3/c1-10-6-7-11(8-13(10)16)15(19)17-9-12-4-2-3-5-14(12)18(20)21/h2-8H,9H2,1H3,(H,17,19). The summed E-state index contributed by atoms with van der Waals surface area (Å²) in [5.74, 6) is -0.270. The lowest BCUT2D eigenvalue weighted by molar-refractivity contribution is -0.385. The average molecular weight is 349 g/mol. The van der Waals surface area contributed by atoms with Crippen LogP contribution in [0.25, 0.3) is 0 Å². The Balaban J connectivity index is 2.11. The monoisotopic (exact) mass is 348 g/mol. The maximum absolute atomic E-state index is 12.1. The van der Waals surface area contributed by atoms with Gasteiger partial charge in [0.15, 0.2) is 0 Å². The van der Waals surface area contributed by atoms with Gasteiger partial charge >= 0.3 is 0 Å². The Bertz CT molecular complexity index is 701. The Labute approximate surface area is 130 Å². The molecule has 0 unspecified atom stereocenters. The number of halogens is 1. The molecule has 0 bridgehead atoms. The Morgan fingerprint density at radius 2 is 2.00 bits per heavy atom. The number of nitrogens with zero attached hydrogens (tertiary/aromatic N) is 1. The summed E-state index contributed by atoms with van der Waals surface area (Å²) >= 11 is 3.37. The third-order valence-electron chi connectivity index (χ3n) is 3.06. The summed E-state index contributed by atoms with van der Waals surface area (Å²) in [5, 5.41) is 13.6. The molecule has 0 heterocycles. The molecule has 0 aliphatic heterocycles. The number of amides is 1. The molecule has 0 spiro atoms. The van der Waals surface area contributed by atoms with Crippen molar-refractivity contribution in [2.75, 3.05) is 0 Å². The van der Waals surface area contributed by atoms with Gasteiger partial charge in [0, 0.05) is 28.2 Å². The highest BCUT2D eigenvalue weighted by molar-refractivity contribution is 9.10. The first-order valence-electron chi connectivity index (χ1n) is 6.25. The van der Waals surface area contributed by atoms with Crippen LogP contribution in [0.15, 0.2) is 46.9 Å². The Hall–Kier alpha value is -2.21. The molecular formula is C15H13BrN2O3. The van der Waals surface area contributed by atoms with E-state index in [0.29, 0.717) is 11.1 Å². The maximum atomic E-state index is 12.1. The van der Waals surface area contributed by atoms with Crippen LogP contribution in [0.4, 0.5) is 5.69 Å². The largest absolute Gasteiger partial charge is 0.348 e. The first kappa shape index (κ1) is 15.2. The third-order valence-corrected chi connectivity index (χ3v) is 3.92. The van der Waals surface area contributed by atoms with E-state index in [0.717, 1.165) is 10.0 Å². The van der Waals surface area contributed by atoms with E-state index in [-0.39, 0.29) is 18.1 Å². The van der Waals surface area contributed by atoms with Crippen molar-refractivity contribution < 1.29 is 9.72 Å². The van der Waals surface area contributed by atoms with Gasteiger partial charge < -0.3 is 5.32 Å². The van der Waals surface area contributed by atoms with Crippen molar-refractivity contribution in [2.45, 2.75) is 13.5 Å². The van der Waals surface area contributed by atoms with Gasteiger partial charge in [-0.1, -0.05) is 40.2 Å². The van der Waals surface area contributed by atoms with Crippen LogP contribution in [0, 0.1) is 17.0 Å². The third kappa shape index (κ3) is 3.66. The van der Waals surface area contributed by atoms with Crippen LogP contribution in [-0.4, -0.2) is 10.8 Å². The summed E-state index contributed by atoms with van der Waals surface area (Å²) in [4.78, 5) is 22.5. The smallest absolute Gasteiger partial charge is 0.274 e. The lowest BCUT2D eigenvalue weighted by Gasteiger charge is -2.07. The van der Waals surface area contributed by atoms with E-state index in [9.17, 15) is 14.9 Å². The summed E-state index contributed by atoms with van der Waals surface area (Å²) in [6, 6.07) is 11.6. The average Bonchev–Trinajstić information content (AvgIpc) is 2.47. The summed E-state index contributed by atoms with van der Waals surface area (Å²) in [6.07, 6.45) is 0. The van der Waals surface area contributed by atoms with E-state index < -0.39 is 4.92 Å². The van der Waals surface area contributed by atoms with Crippen molar-refractivity contribution in [1.29, 1.82) is 0 Å². The number of carbonyl (C=O) groups is 1. The molecule has 2 aromatic carbocycles. The minimum atomic E-state index is -0.454. The number of aryl methyl sites for hydroxylation is 1. The van der Waals surface area contributed by atoms with Crippen LogP contribution in [-0.2, 0) is 6.54 Å². The molecule has 1 amide bonds. The Morgan fingerprint density at radius 1 is 1.29 bits per heavy atom. The summed E-state index contributed by atoms with van der Waals surface area (Å²) < 4.78 is 0.848. The highest BCUT2D eigenvalue weighted by Crippen LogP contribution is 2.19. The molecular weight excluding hydrogens is 336 g/mol. The summed E-state index contributed by atoms with van der Waals surface area (Å²) in [7, 11) is 0. The van der Waals surface area contributed by atoms with Gasteiger partial charge in [-0.2, -0.15) is 0 Å². The second-order valence-corrected chi connectivity index (χ2v) is 5.39. The number of hydrogen-bond acceptors (Lipinski definition) is 3. The molecule has 0 aliphatic rings. The van der Waals surface area contributed by atoms with Gasteiger partial charge in [0.1, 0.15) is 0 Å². The first-order chi connectivity index (χ1) is 9.99. The topological polar surface area (TPSA) is 72.2 Å². The van der Waals surface area contributed by atoms with Crippen molar-refractivity contribution in [3.63, 3.8) is 0 Å². The summed E-state index contributed by atoms with van der Waals surface area (Å²) in [6.45, 7) is 2.04. The normalized spacial score (nSPS) is 10.2. The fraction of sp³-hybridized carbons (Fsp3) is 0.133. The van der Waals surface area contributed by atoms with Crippen LogP contribution in [0.2, 0.25) is 0 Å². The zero-order chi connectivity index (χ0) is 15.4. The first-order valence-corrected chi connectivity index (χ1v) is 7.05. The quantitative estimate of drug-likeness (QED) is 0.677. The van der Waals surface area contributed by atoms with Gasteiger partial charge in [0.05, 0.1) is 4.92 Å². The van der Waals surface area contributed by atoms with E-state index in [2.05, 4.69) is 21.2 Å². The maximum Gasteiger partial charge on any atom is 0.274 e. The second kappa shape index (κ2) is 6.49. The van der Waals surface area contributed by atoms with Crippen molar-refractivity contribution in [1.82, 2.24) is 5.32 Å². The van der Waals surface area contributed by atoms with Gasteiger partial charge in [0.25, 0.3) is 11.6 Å². The van der Waals surface area contributed by atoms with Crippen LogP contribution in [0.3, 0.4) is 0 Å². The van der Waals surface area contributed by atoms with Gasteiger partial charge in [-0.05, 0) is 24.6 Å². The van der Waals surface area contributed by atoms with Gasteiger partial charge in [-0.3, -0.25) is 14.9 Å². The molecule has 0 radical (unpaired) electrons. The number of rotatable bonds is 4. The van der Waals surface area contributed by atoms with Gasteiger partial charge in [0.2, 0.25) is 0 Å². The lowest BCUT2D eigenvalue weighted by atomic mass is 10.1. The molecule has 0 aliphatic carbocycles. The van der Waals surface area contributed by atoms with E-state index in [1.54, 1.807) is 30.3 Å². The molecule has 5 nitrogen and oxygen atoms in total. The molecule has 108 valence electrons. The summed E-state index contributed by atoms with van der Waals surface area (Å²) in [5.41, 5.74) is 2.02. The van der Waals surface area contributed by atoms with Crippen molar-refractivity contribution >= 4 is 27.5 Å². The number of nitro groups is 1. The zero-order valence-electron chi connectivity index (χ0n) is 11.3. The van der Waals surface area contributed by atoms with Gasteiger partial charge in [-0.15, -0.1) is 0 Å². The molecule has 2 rings (SSSR count). The fourth-order valence-electron chi connectivity index (χ4n) is 1.85. The van der Waals surface area contributed by atoms with Crippen molar-refractivity contribution in [3.05, 3.63) is 73.7 Å². The highest BCUT2D eigenvalue weighted by Gasteiger charge is 2.13. The predicted octanol–water partition coefficient (Wildman–Crippen LogP) is 3.60. The van der Waals surface area contributed by atoms with E-state index in [1.807, 2.05) is 13.0 Å². The molecule has 1 N–H and O–H groups in total. The number of hydrogen-bond donors (Lipinski definition) is 1. The number of nitro benzene ring substituents is 1. The molecule has 6 heteroatoms. The van der Waals surface area contributed by atoms with E-state index in [4.69, 9.17) is 0 Å². The molecule has 2 aromatic rings. The van der Waals surface area contributed by atoms with E-state index in [1.165, 1.54) is 6.07 Å². The number of carbonyl (C=O) groups excluding carboxylic acids is 1. The second-order valence-electron chi connectivity index (χ2n) is 4.53. The van der Waals surface area contributed by atoms with Gasteiger partial charge in [-0.25, -0.2) is 0 Å². The molecule has 0 atom stereocenters.